The molecule has 0 amide bonds. The molecule has 0 spiro atoms. The quantitative estimate of drug-likeness (QED) is 0.602. The van der Waals surface area contributed by atoms with Gasteiger partial charge >= 0.3 is 0 Å². The number of aryl methyl sites for hydroxylation is 2. The summed E-state index contributed by atoms with van der Waals surface area (Å²) >= 11 is 10.1. The molecule has 3 atom stereocenters. The lowest BCUT2D eigenvalue weighted by Gasteiger charge is -2.24. The van der Waals surface area contributed by atoms with E-state index in [-0.39, 0.29) is 0 Å². The lowest BCUT2D eigenvalue weighted by Crippen LogP contribution is -2.11. The third-order valence-electron chi connectivity index (χ3n) is 4.15. The smallest absolute Gasteiger partial charge is 0.0438 e. The van der Waals surface area contributed by atoms with Crippen molar-refractivity contribution in [3.8, 4) is 0 Å². The van der Waals surface area contributed by atoms with E-state index in [4.69, 9.17) is 11.6 Å². The number of benzene rings is 1. The summed E-state index contributed by atoms with van der Waals surface area (Å²) in [5, 5.41) is 0.880. The Morgan fingerprint density at radius 2 is 1.94 bits per heavy atom. The standard InChI is InChI=1S/C15H20BrCl/c1-9-5-4-6-12(9)15(16)13-7-11(3)14(17)8-10(13)2/h7-9,12,15H,4-6H2,1-3H3. The van der Waals surface area contributed by atoms with Gasteiger partial charge in [-0.1, -0.05) is 53.4 Å². The van der Waals surface area contributed by atoms with Crippen molar-refractivity contribution in [2.45, 2.75) is 44.9 Å². The molecule has 0 aliphatic heterocycles. The third-order valence-corrected chi connectivity index (χ3v) is 5.73. The first-order chi connectivity index (χ1) is 8.00. The highest BCUT2D eigenvalue weighted by Gasteiger charge is 2.31. The molecule has 94 valence electrons. The number of halogens is 2. The summed E-state index contributed by atoms with van der Waals surface area (Å²) in [4.78, 5) is 0.482. The number of hydrogen-bond acceptors (Lipinski definition) is 0. The Bertz CT molecular complexity index is 414. The van der Waals surface area contributed by atoms with Crippen molar-refractivity contribution < 1.29 is 0 Å². The zero-order valence-corrected chi connectivity index (χ0v) is 13.1. The minimum atomic E-state index is 0.482. The Balaban J connectivity index is 2.30. The lowest BCUT2D eigenvalue weighted by atomic mass is 9.88. The van der Waals surface area contributed by atoms with Crippen molar-refractivity contribution in [1.82, 2.24) is 0 Å². The van der Waals surface area contributed by atoms with Gasteiger partial charge in [-0.15, -0.1) is 0 Å². The van der Waals surface area contributed by atoms with E-state index in [0.717, 1.165) is 16.9 Å². The Hall–Kier alpha value is -0.0100. The molecule has 0 nitrogen and oxygen atoms in total. The molecule has 1 saturated carbocycles. The molecule has 1 aliphatic rings. The minimum absolute atomic E-state index is 0.482. The predicted molar refractivity (Wildman–Crippen MR) is 79.1 cm³/mol. The van der Waals surface area contributed by atoms with Gasteiger partial charge in [0.1, 0.15) is 0 Å². The van der Waals surface area contributed by atoms with Crippen LogP contribution in [-0.2, 0) is 0 Å². The normalized spacial score (nSPS) is 26.2. The van der Waals surface area contributed by atoms with E-state index in [1.165, 1.54) is 36.0 Å². The lowest BCUT2D eigenvalue weighted by molar-refractivity contribution is 0.413. The molecule has 1 aliphatic carbocycles. The van der Waals surface area contributed by atoms with E-state index in [2.05, 4.69) is 48.8 Å². The highest BCUT2D eigenvalue weighted by molar-refractivity contribution is 9.09. The molecule has 17 heavy (non-hydrogen) atoms. The van der Waals surface area contributed by atoms with E-state index < -0.39 is 0 Å². The summed E-state index contributed by atoms with van der Waals surface area (Å²) in [5.41, 5.74) is 3.91. The second kappa shape index (κ2) is 5.32. The van der Waals surface area contributed by atoms with E-state index in [1.54, 1.807) is 0 Å². The van der Waals surface area contributed by atoms with Crippen molar-refractivity contribution >= 4 is 27.5 Å². The van der Waals surface area contributed by atoms with Gasteiger partial charge in [-0.25, -0.2) is 0 Å². The van der Waals surface area contributed by atoms with Gasteiger partial charge in [0.25, 0.3) is 0 Å². The molecule has 0 radical (unpaired) electrons. The van der Waals surface area contributed by atoms with Crippen molar-refractivity contribution in [3.05, 3.63) is 33.8 Å². The maximum absolute atomic E-state index is 6.16. The van der Waals surface area contributed by atoms with Gasteiger partial charge in [-0.2, -0.15) is 0 Å². The van der Waals surface area contributed by atoms with Crippen LogP contribution in [0.5, 0.6) is 0 Å². The molecule has 2 rings (SSSR count). The molecule has 3 unspecified atom stereocenters. The monoisotopic (exact) mass is 314 g/mol. The molecular formula is C15H20BrCl. The molecule has 1 aromatic rings. The van der Waals surface area contributed by atoms with E-state index in [9.17, 15) is 0 Å². The largest absolute Gasteiger partial charge is 0.0840 e. The fourth-order valence-corrected chi connectivity index (χ4v) is 4.44. The first-order valence-corrected chi connectivity index (χ1v) is 7.70. The summed E-state index contributed by atoms with van der Waals surface area (Å²) in [5.74, 6) is 1.60. The Morgan fingerprint density at radius 1 is 1.24 bits per heavy atom. The first kappa shape index (κ1) is 13.4. The molecule has 1 fully saturated rings. The van der Waals surface area contributed by atoms with Crippen LogP contribution in [0.25, 0.3) is 0 Å². The molecular weight excluding hydrogens is 296 g/mol. The zero-order chi connectivity index (χ0) is 12.6. The molecule has 1 aromatic carbocycles. The molecule has 0 aromatic heterocycles. The van der Waals surface area contributed by atoms with Crippen LogP contribution in [0, 0.1) is 25.7 Å². The van der Waals surface area contributed by atoms with Gasteiger partial charge in [0, 0.05) is 9.85 Å². The van der Waals surface area contributed by atoms with Crippen LogP contribution < -0.4 is 0 Å². The highest BCUT2D eigenvalue weighted by atomic mass is 79.9. The van der Waals surface area contributed by atoms with Crippen LogP contribution in [-0.4, -0.2) is 0 Å². The van der Waals surface area contributed by atoms with Crippen molar-refractivity contribution in [1.29, 1.82) is 0 Å². The van der Waals surface area contributed by atoms with E-state index in [0.29, 0.717) is 4.83 Å². The van der Waals surface area contributed by atoms with Crippen LogP contribution in [0.3, 0.4) is 0 Å². The average molecular weight is 316 g/mol. The Morgan fingerprint density at radius 3 is 2.53 bits per heavy atom. The third kappa shape index (κ3) is 2.71. The van der Waals surface area contributed by atoms with Crippen molar-refractivity contribution in [2.75, 3.05) is 0 Å². The van der Waals surface area contributed by atoms with Gasteiger partial charge in [-0.05, 0) is 54.9 Å². The maximum atomic E-state index is 6.16. The molecule has 0 bridgehead atoms. The molecule has 0 heterocycles. The summed E-state index contributed by atoms with van der Waals surface area (Å²) in [6.45, 7) is 6.63. The van der Waals surface area contributed by atoms with Crippen molar-refractivity contribution in [3.63, 3.8) is 0 Å². The topological polar surface area (TPSA) is 0 Å². The fourth-order valence-electron chi connectivity index (χ4n) is 2.94. The Labute approximate surface area is 118 Å². The van der Waals surface area contributed by atoms with Crippen LogP contribution >= 0.6 is 27.5 Å². The summed E-state index contributed by atoms with van der Waals surface area (Å²) in [7, 11) is 0. The minimum Gasteiger partial charge on any atom is -0.0840 e. The van der Waals surface area contributed by atoms with Gasteiger partial charge in [0.2, 0.25) is 0 Å². The molecule has 0 saturated heterocycles. The molecule has 0 N–H and O–H groups in total. The van der Waals surface area contributed by atoms with Crippen LogP contribution in [0.4, 0.5) is 0 Å². The highest BCUT2D eigenvalue weighted by Crippen LogP contribution is 2.45. The Kier molecular flexibility index (Phi) is 4.20. The summed E-state index contributed by atoms with van der Waals surface area (Å²) in [6, 6.07) is 4.35. The van der Waals surface area contributed by atoms with Crippen LogP contribution in [0.2, 0.25) is 5.02 Å². The number of rotatable bonds is 2. The van der Waals surface area contributed by atoms with E-state index in [1.807, 2.05) is 0 Å². The summed E-state index contributed by atoms with van der Waals surface area (Å²) < 4.78 is 0. The SMILES string of the molecule is Cc1cc(C(Br)C2CCCC2C)c(C)cc1Cl. The first-order valence-electron chi connectivity index (χ1n) is 6.41. The summed E-state index contributed by atoms with van der Waals surface area (Å²) in [6.07, 6.45) is 4.09. The van der Waals surface area contributed by atoms with Gasteiger partial charge in [-0.3, -0.25) is 0 Å². The fraction of sp³-hybridized carbons (Fsp3) is 0.600. The van der Waals surface area contributed by atoms with Gasteiger partial charge in [0.05, 0.1) is 0 Å². The second-order valence-electron chi connectivity index (χ2n) is 5.43. The maximum Gasteiger partial charge on any atom is 0.0438 e. The average Bonchev–Trinajstić information content (AvgIpc) is 2.69. The second-order valence-corrected chi connectivity index (χ2v) is 6.83. The van der Waals surface area contributed by atoms with E-state index >= 15 is 0 Å². The van der Waals surface area contributed by atoms with Gasteiger partial charge in [0.15, 0.2) is 0 Å². The van der Waals surface area contributed by atoms with Crippen LogP contribution in [0.1, 0.15) is 47.7 Å². The predicted octanol–water partition coefficient (Wildman–Crippen LogP) is 5.83. The van der Waals surface area contributed by atoms with Gasteiger partial charge < -0.3 is 0 Å². The van der Waals surface area contributed by atoms with Crippen molar-refractivity contribution in [2.24, 2.45) is 11.8 Å². The van der Waals surface area contributed by atoms with Crippen LogP contribution in [0.15, 0.2) is 12.1 Å². The zero-order valence-electron chi connectivity index (χ0n) is 10.8. The molecule has 2 heteroatoms. The number of alkyl halides is 1. The number of hydrogen-bond donors (Lipinski definition) is 0.